The van der Waals surface area contributed by atoms with E-state index in [4.69, 9.17) is 0 Å². The average Bonchev–Trinajstić information content (AvgIpc) is 3.30. The number of piperazine rings is 1. The fourth-order valence-corrected chi connectivity index (χ4v) is 4.98. The van der Waals surface area contributed by atoms with Crippen molar-refractivity contribution in [2.24, 2.45) is 0 Å². The van der Waals surface area contributed by atoms with Crippen LogP contribution in [0.5, 0.6) is 0 Å². The van der Waals surface area contributed by atoms with Crippen LogP contribution in [0.1, 0.15) is 62.9 Å². The van der Waals surface area contributed by atoms with Gasteiger partial charge in [-0.05, 0) is 55.2 Å². The molecule has 2 aromatic heterocycles. The average molecular weight is 537 g/mol. The van der Waals surface area contributed by atoms with Gasteiger partial charge in [0, 0.05) is 44.8 Å². The smallest absolute Gasteiger partial charge is 0.272 e. The Balaban J connectivity index is 1.47. The minimum absolute atomic E-state index is 0.0490. The molecule has 1 aromatic carbocycles. The van der Waals surface area contributed by atoms with E-state index in [1.54, 1.807) is 18.5 Å². The summed E-state index contributed by atoms with van der Waals surface area (Å²) in [5.74, 6) is -0.0236. The van der Waals surface area contributed by atoms with Crippen LogP contribution in [0.4, 0.5) is 4.39 Å². The van der Waals surface area contributed by atoms with Crippen molar-refractivity contribution in [2.45, 2.75) is 52.5 Å². The third kappa shape index (κ3) is 7.20. The van der Waals surface area contributed by atoms with Crippen LogP contribution >= 0.6 is 0 Å². The zero-order chi connectivity index (χ0) is 27.9. The molecule has 1 aliphatic heterocycles. The Morgan fingerprint density at radius 3 is 2.38 bits per heavy atom. The van der Waals surface area contributed by atoms with E-state index < -0.39 is 16.9 Å². The molecular formula is C29H37FN6O3. The number of aryl methyl sites for hydroxylation is 1. The zero-order valence-corrected chi connectivity index (χ0v) is 22.9. The summed E-state index contributed by atoms with van der Waals surface area (Å²) in [6.45, 7) is 11.2. The Morgan fingerprint density at radius 1 is 1.05 bits per heavy atom. The van der Waals surface area contributed by atoms with Crippen molar-refractivity contribution in [3.8, 4) is 0 Å². The standard InChI is InChI=1S/C29H37FN6O3/c1-4-7-26(37)35-14-12-34(13-15-35)10-6-11-36-19-31-23(27(36)20(2)3)18-25-29(39)32-24(28(38)33-25)17-21-8-5-9-22(30)16-21/h5,8-9,16-20H,4,6-7,10-15H2,1-3H3,(H,32,39)(H,33,38)/b24-17-,25-18-. The molecule has 0 unspecified atom stereocenters. The first-order valence-corrected chi connectivity index (χ1v) is 13.6. The van der Waals surface area contributed by atoms with Crippen LogP contribution < -0.4 is 21.8 Å². The highest BCUT2D eigenvalue weighted by molar-refractivity contribution is 5.76. The van der Waals surface area contributed by atoms with Crippen molar-refractivity contribution >= 4 is 18.1 Å². The highest BCUT2D eigenvalue weighted by atomic mass is 19.1. The quantitative estimate of drug-likeness (QED) is 0.431. The number of nitrogens with zero attached hydrogens (tertiary/aromatic N) is 4. The SMILES string of the molecule is CCCC(=O)N1CCN(CCCn2cnc(/C=c3\[nH]c(=O)/c(=C/c4cccc(F)c4)[nH]c3=O)c2C(C)C)CC1. The molecule has 1 saturated heterocycles. The van der Waals surface area contributed by atoms with E-state index in [0.717, 1.165) is 57.8 Å². The number of carbonyl (C=O) groups excluding carboxylic acids is 1. The van der Waals surface area contributed by atoms with Crippen molar-refractivity contribution in [1.82, 2.24) is 29.3 Å². The lowest BCUT2D eigenvalue weighted by atomic mass is 10.1. The number of nitrogens with one attached hydrogen (secondary N) is 2. The summed E-state index contributed by atoms with van der Waals surface area (Å²) in [6.07, 6.45) is 7.25. The second kappa shape index (κ2) is 12.8. The van der Waals surface area contributed by atoms with Gasteiger partial charge >= 0.3 is 0 Å². The Labute approximate surface area is 226 Å². The molecule has 0 radical (unpaired) electrons. The molecule has 9 nitrogen and oxygen atoms in total. The van der Waals surface area contributed by atoms with E-state index >= 15 is 0 Å². The molecule has 0 spiro atoms. The topological polar surface area (TPSA) is 107 Å². The molecular weight excluding hydrogens is 499 g/mol. The van der Waals surface area contributed by atoms with Crippen LogP contribution in [0.3, 0.4) is 0 Å². The molecule has 39 heavy (non-hydrogen) atoms. The molecule has 1 aliphatic rings. The van der Waals surface area contributed by atoms with Crippen molar-refractivity contribution < 1.29 is 9.18 Å². The highest BCUT2D eigenvalue weighted by Crippen LogP contribution is 2.20. The number of H-pyrrole nitrogens is 2. The number of hydrogen-bond donors (Lipinski definition) is 2. The predicted octanol–water partition coefficient (Wildman–Crippen LogP) is 1.51. The van der Waals surface area contributed by atoms with Crippen LogP contribution in [0.2, 0.25) is 0 Å². The van der Waals surface area contributed by atoms with Crippen LogP contribution in [0, 0.1) is 5.82 Å². The Kier molecular flexibility index (Phi) is 9.29. The number of benzene rings is 1. The normalized spacial score (nSPS) is 15.5. The van der Waals surface area contributed by atoms with Gasteiger partial charge in [-0.3, -0.25) is 19.3 Å². The number of amides is 1. The number of halogens is 1. The maximum Gasteiger partial charge on any atom is 0.272 e. The van der Waals surface area contributed by atoms with E-state index in [2.05, 4.69) is 38.3 Å². The van der Waals surface area contributed by atoms with Gasteiger partial charge in [-0.2, -0.15) is 0 Å². The molecule has 3 aromatic rings. The molecule has 2 N–H and O–H groups in total. The summed E-state index contributed by atoms with van der Waals surface area (Å²) in [7, 11) is 0. The van der Waals surface area contributed by atoms with Crippen molar-refractivity contribution in [3.63, 3.8) is 0 Å². The lowest BCUT2D eigenvalue weighted by Crippen LogP contribution is -2.48. The van der Waals surface area contributed by atoms with E-state index in [1.165, 1.54) is 24.3 Å². The second-order valence-electron chi connectivity index (χ2n) is 10.3. The van der Waals surface area contributed by atoms with Gasteiger partial charge in [0.05, 0.1) is 12.0 Å². The number of imidazole rings is 1. The number of rotatable bonds is 9. The van der Waals surface area contributed by atoms with Crippen LogP contribution in [-0.2, 0) is 11.3 Å². The maximum absolute atomic E-state index is 13.5. The maximum atomic E-state index is 13.5. The third-order valence-electron chi connectivity index (χ3n) is 6.94. The molecule has 1 amide bonds. The van der Waals surface area contributed by atoms with E-state index in [0.29, 0.717) is 17.7 Å². The molecule has 0 saturated carbocycles. The Hall–Kier alpha value is -3.79. The molecule has 1 fully saturated rings. The fourth-order valence-electron chi connectivity index (χ4n) is 4.98. The molecule has 0 atom stereocenters. The van der Waals surface area contributed by atoms with Gasteiger partial charge in [0.15, 0.2) is 0 Å². The van der Waals surface area contributed by atoms with Crippen LogP contribution in [0.15, 0.2) is 40.2 Å². The highest BCUT2D eigenvalue weighted by Gasteiger charge is 2.20. The minimum atomic E-state index is -0.480. The first kappa shape index (κ1) is 28.2. The van der Waals surface area contributed by atoms with Crippen LogP contribution in [-0.4, -0.2) is 67.9 Å². The van der Waals surface area contributed by atoms with Crippen LogP contribution in [0.25, 0.3) is 12.2 Å². The third-order valence-corrected chi connectivity index (χ3v) is 6.94. The van der Waals surface area contributed by atoms with Gasteiger partial charge in [-0.1, -0.05) is 32.9 Å². The second-order valence-corrected chi connectivity index (χ2v) is 10.3. The van der Waals surface area contributed by atoms with Crippen molar-refractivity contribution in [1.29, 1.82) is 0 Å². The summed E-state index contributed by atoms with van der Waals surface area (Å²) in [6, 6.07) is 5.79. The number of carbonyl (C=O) groups is 1. The molecule has 208 valence electrons. The predicted molar refractivity (Wildman–Crippen MR) is 149 cm³/mol. The minimum Gasteiger partial charge on any atom is -0.340 e. The summed E-state index contributed by atoms with van der Waals surface area (Å²) in [5, 5.41) is 0.159. The van der Waals surface area contributed by atoms with Gasteiger partial charge in [-0.15, -0.1) is 0 Å². The van der Waals surface area contributed by atoms with Crippen molar-refractivity contribution in [3.05, 3.63) is 84.8 Å². The van der Waals surface area contributed by atoms with Gasteiger partial charge in [0.1, 0.15) is 16.5 Å². The first-order valence-electron chi connectivity index (χ1n) is 13.6. The molecule has 10 heteroatoms. The number of aromatic nitrogens is 4. The largest absolute Gasteiger partial charge is 0.340 e. The van der Waals surface area contributed by atoms with Crippen molar-refractivity contribution in [2.75, 3.05) is 32.7 Å². The van der Waals surface area contributed by atoms with Gasteiger partial charge in [0.2, 0.25) is 5.91 Å². The number of aromatic amines is 2. The summed E-state index contributed by atoms with van der Waals surface area (Å²) < 4.78 is 15.6. The Bertz CT molecular complexity index is 1530. The first-order chi connectivity index (χ1) is 18.7. The Morgan fingerprint density at radius 2 is 1.74 bits per heavy atom. The zero-order valence-electron chi connectivity index (χ0n) is 22.9. The van der Waals surface area contributed by atoms with Gasteiger partial charge in [0.25, 0.3) is 11.1 Å². The lowest BCUT2D eigenvalue weighted by Gasteiger charge is -2.34. The number of hydrogen-bond acceptors (Lipinski definition) is 5. The summed E-state index contributed by atoms with van der Waals surface area (Å²) in [4.78, 5) is 51.7. The molecule has 0 aliphatic carbocycles. The van der Waals surface area contributed by atoms with Gasteiger partial charge < -0.3 is 19.4 Å². The molecule has 4 rings (SSSR count). The van der Waals surface area contributed by atoms with E-state index in [1.807, 2.05) is 11.8 Å². The van der Waals surface area contributed by atoms with E-state index in [9.17, 15) is 18.8 Å². The lowest BCUT2D eigenvalue weighted by molar-refractivity contribution is -0.133. The molecule has 0 bridgehead atoms. The molecule has 3 heterocycles. The summed E-state index contributed by atoms with van der Waals surface area (Å²) in [5.41, 5.74) is 1.16. The van der Waals surface area contributed by atoms with E-state index in [-0.39, 0.29) is 22.5 Å². The monoisotopic (exact) mass is 536 g/mol. The van der Waals surface area contributed by atoms with Gasteiger partial charge in [-0.25, -0.2) is 9.37 Å². The fraction of sp³-hybridized carbons (Fsp3) is 0.448. The summed E-state index contributed by atoms with van der Waals surface area (Å²) >= 11 is 0.